The van der Waals surface area contributed by atoms with E-state index in [9.17, 15) is 0 Å². The van der Waals surface area contributed by atoms with Crippen LogP contribution in [0.15, 0.2) is 12.3 Å². The van der Waals surface area contributed by atoms with Crippen LogP contribution in [-0.2, 0) is 0 Å². The summed E-state index contributed by atoms with van der Waals surface area (Å²) in [7, 11) is 0. The number of rotatable bonds is 6. The molecule has 0 bridgehead atoms. The Bertz CT molecular complexity index is 364. The van der Waals surface area contributed by atoms with E-state index in [0.717, 1.165) is 13.1 Å². The Labute approximate surface area is 116 Å². The average molecular weight is 265 g/mol. The molecule has 0 unspecified atom stereocenters. The second kappa shape index (κ2) is 6.91. The van der Waals surface area contributed by atoms with Crippen LogP contribution in [0.4, 0.5) is 5.82 Å². The monoisotopic (exact) mass is 265 g/mol. The maximum atomic E-state index is 5.68. The van der Waals surface area contributed by atoms with Gasteiger partial charge in [0.25, 0.3) is 0 Å². The van der Waals surface area contributed by atoms with Crippen molar-refractivity contribution in [2.45, 2.75) is 32.7 Å². The van der Waals surface area contributed by atoms with Crippen molar-refractivity contribution in [2.24, 2.45) is 0 Å². The zero-order chi connectivity index (χ0) is 13.7. The SMILES string of the molecule is CCN(CC)CCN1CCC(n2ccc(N)n2)CC1. The van der Waals surface area contributed by atoms with Gasteiger partial charge in [0.2, 0.25) is 0 Å². The highest BCUT2D eigenvalue weighted by Gasteiger charge is 2.20. The molecule has 0 atom stereocenters. The summed E-state index contributed by atoms with van der Waals surface area (Å²) < 4.78 is 2.04. The highest BCUT2D eigenvalue weighted by Crippen LogP contribution is 2.22. The van der Waals surface area contributed by atoms with Gasteiger partial charge in [-0.15, -0.1) is 0 Å². The molecule has 0 aliphatic carbocycles. The number of nitrogens with two attached hydrogens (primary N) is 1. The van der Waals surface area contributed by atoms with Crippen LogP contribution in [0, 0.1) is 0 Å². The van der Waals surface area contributed by atoms with Crippen LogP contribution in [0.3, 0.4) is 0 Å². The normalized spacial score (nSPS) is 18.3. The van der Waals surface area contributed by atoms with Crippen molar-refractivity contribution in [2.75, 3.05) is 45.0 Å². The predicted molar refractivity (Wildman–Crippen MR) is 79.1 cm³/mol. The van der Waals surface area contributed by atoms with Crippen LogP contribution >= 0.6 is 0 Å². The summed E-state index contributed by atoms with van der Waals surface area (Å²) in [5.74, 6) is 0.629. The van der Waals surface area contributed by atoms with Crippen LogP contribution in [-0.4, -0.2) is 58.8 Å². The molecule has 0 saturated carbocycles. The summed E-state index contributed by atoms with van der Waals surface area (Å²) in [4.78, 5) is 5.06. The van der Waals surface area contributed by atoms with E-state index >= 15 is 0 Å². The molecule has 2 heterocycles. The molecule has 0 amide bonds. The molecule has 2 N–H and O–H groups in total. The van der Waals surface area contributed by atoms with Crippen LogP contribution < -0.4 is 5.73 Å². The van der Waals surface area contributed by atoms with Gasteiger partial charge in [-0.05, 0) is 32.0 Å². The van der Waals surface area contributed by atoms with E-state index in [0.29, 0.717) is 11.9 Å². The Hall–Kier alpha value is -1.07. The summed E-state index contributed by atoms with van der Waals surface area (Å²) >= 11 is 0. The number of likely N-dealkylation sites (N-methyl/N-ethyl adjacent to an activating group) is 1. The van der Waals surface area contributed by atoms with E-state index in [1.165, 1.54) is 39.0 Å². The summed E-state index contributed by atoms with van der Waals surface area (Å²) in [5, 5.41) is 4.33. The van der Waals surface area contributed by atoms with Gasteiger partial charge in [0.05, 0.1) is 6.04 Å². The lowest BCUT2D eigenvalue weighted by Gasteiger charge is -2.33. The Morgan fingerprint density at radius 2 is 2.00 bits per heavy atom. The predicted octanol–water partition coefficient (Wildman–Crippen LogP) is 1.44. The van der Waals surface area contributed by atoms with Crippen LogP contribution in [0.1, 0.15) is 32.7 Å². The lowest BCUT2D eigenvalue weighted by atomic mass is 10.1. The summed E-state index contributed by atoms with van der Waals surface area (Å²) in [5.41, 5.74) is 5.68. The fourth-order valence-electron chi connectivity index (χ4n) is 2.79. The molecule has 1 fully saturated rings. The molecule has 0 spiro atoms. The van der Waals surface area contributed by atoms with Gasteiger partial charge in [-0.1, -0.05) is 13.8 Å². The highest BCUT2D eigenvalue weighted by atomic mass is 15.3. The van der Waals surface area contributed by atoms with E-state index in [2.05, 4.69) is 28.7 Å². The van der Waals surface area contributed by atoms with Crippen molar-refractivity contribution in [3.05, 3.63) is 12.3 Å². The Kier molecular flexibility index (Phi) is 5.22. The molecule has 2 rings (SSSR count). The van der Waals surface area contributed by atoms with E-state index < -0.39 is 0 Å². The minimum Gasteiger partial charge on any atom is -0.382 e. The zero-order valence-electron chi connectivity index (χ0n) is 12.3. The van der Waals surface area contributed by atoms with Crippen LogP contribution in [0.5, 0.6) is 0 Å². The topological polar surface area (TPSA) is 50.3 Å². The van der Waals surface area contributed by atoms with Gasteiger partial charge in [0.15, 0.2) is 0 Å². The minimum atomic E-state index is 0.530. The molecular formula is C14H27N5. The molecular weight excluding hydrogens is 238 g/mol. The van der Waals surface area contributed by atoms with Gasteiger partial charge in [0, 0.05) is 32.4 Å². The molecule has 5 nitrogen and oxygen atoms in total. The van der Waals surface area contributed by atoms with Gasteiger partial charge in [-0.25, -0.2) is 0 Å². The number of likely N-dealkylation sites (tertiary alicyclic amines) is 1. The van der Waals surface area contributed by atoms with Gasteiger partial charge < -0.3 is 15.5 Å². The molecule has 108 valence electrons. The third-order valence-electron chi connectivity index (χ3n) is 4.19. The van der Waals surface area contributed by atoms with Gasteiger partial charge >= 0.3 is 0 Å². The molecule has 19 heavy (non-hydrogen) atoms. The highest BCUT2D eigenvalue weighted by molar-refractivity contribution is 5.24. The van der Waals surface area contributed by atoms with Crippen molar-refractivity contribution in [1.29, 1.82) is 0 Å². The second-order valence-corrected chi connectivity index (χ2v) is 5.32. The smallest absolute Gasteiger partial charge is 0.145 e. The third kappa shape index (κ3) is 3.94. The first-order valence-electron chi connectivity index (χ1n) is 7.48. The lowest BCUT2D eigenvalue weighted by Crippen LogP contribution is -2.40. The standard InChI is InChI=1S/C14H27N5/c1-3-17(4-2)11-12-18-8-5-13(6-9-18)19-10-7-14(15)16-19/h7,10,13H,3-6,8-9,11-12H2,1-2H3,(H2,15,16). The molecule has 1 aliphatic rings. The molecule has 0 radical (unpaired) electrons. The van der Waals surface area contributed by atoms with Crippen LogP contribution in [0.25, 0.3) is 0 Å². The number of hydrogen-bond donors (Lipinski definition) is 1. The Morgan fingerprint density at radius 3 is 2.53 bits per heavy atom. The molecule has 5 heteroatoms. The number of nitrogen functional groups attached to an aromatic ring is 1. The molecule has 1 aromatic rings. The van der Waals surface area contributed by atoms with E-state index in [1.807, 2.05) is 16.9 Å². The molecule has 1 aromatic heterocycles. The van der Waals surface area contributed by atoms with Crippen molar-refractivity contribution in [3.8, 4) is 0 Å². The van der Waals surface area contributed by atoms with Crippen molar-refractivity contribution in [3.63, 3.8) is 0 Å². The fourth-order valence-corrected chi connectivity index (χ4v) is 2.79. The zero-order valence-corrected chi connectivity index (χ0v) is 12.3. The van der Waals surface area contributed by atoms with Gasteiger partial charge in [-0.3, -0.25) is 4.68 Å². The maximum absolute atomic E-state index is 5.68. The molecule has 0 aromatic carbocycles. The first kappa shape index (κ1) is 14.3. The Balaban J connectivity index is 1.73. The first-order valence-corrected chi connectivity index (χ1v) is 7.48. The largest absolute Gasteiger partial charge is 0.382 e. The second-order valence-electron chi connectivity index (χ2n) is 5.32. The van der Waals surface area contributed by atoms with E-state index in [1.54, 1.807) is 0 Å². The average Bonchev–Trinajstić information content (AvgIpc) is 2.87. The van der Waals surface area contributed by atoms with Crippen molar-refractivity contribution < 1.29 is 0 Å². The number of aromatic nitrogens is 2. The van der Waals surface area contributed by atoms with Gasteiger partial charge in [-0.2, -0.15) is 5.10 Å². The number of nitrogens with zero attached hydrogens (tertiary/aromatic N) is 4. The van der Waals surface area contributed by atoms with E-state index in [4.69, 9.17) is 5.73 Å². The lowest BCUT2D eigenvalue weighted by molar-refractivity contribution is 0.157. The first-order chi connectivity index (χ1) is 9.22. The number of piperidine rings is 1. The fraction of sp³-hybridized carbons (Fsp3) is 0.786. The minimum absolute atomic E-state index is 0.530. The third-order valence-corrected chi connectivity index (χ3v) is 4.19. The van der Waals surface area contributed by atoms with E-state index in [-0.39, 0.29) is 0 Å². The maximum Gasteiger partial charge on any atom is 0.145 e. The van der Waals surface area contributed by atoms with Crippen molar-refractivity contribution in [1.82, 2.24) is 19.6 Å². The summed E-state index contributed by atoms with van der Waals surface area (Å²) in [6, 6.07) is 2.41. The quantitative estimate of drug-likeness (QED) is 0.845. The molecule has 1 aliphatic heterocycles. The van der Waals surface area contributed by atoms with Crippen LogP contribution in [0.2, 0.25) is 0 Å². The number of anilines is 1. The summed E-state index contributed by atoms with van der Waals surface area (Å²) in [6.07, 6.45) is 4.37. The Morgan fingerprint density at radius 1 is 1.32 bits per heavy atom. The van der Waals surface area contributed by atoms with Gasteiger partial charge in [0.1, 0.15) is 5.82 Å². The number of hydrogen-bond acceptors (Lipinski definition) is 4. The summed E-state index contributed by atoms with van der Waals surface area (Å²) in [6.45, 7) is 11.5. The van der Waals surface area contributed by atoms with Crippen molar-refractivity contribution >= 4 is 5.82 Å². The molecule has 1 saturated heterocycles.